The maximum Gasteiger partial charge on any atom is 0.375 e. The molecule has 0 aliphatic heterocycles. The second-order valence-corrected chi connectivity index (χ2v) is 6.41. The van der Waals surface area contributed by atoms with Gasteiger partial charge in [-0.2, -0.15) is 0 Å². The molecule has 0 spiro atoms. The Hall–Kier alpha value is -3.65. The molecule has 0 radical (unpaired) electrons. The number of hydrogen-bond donors (Lipinski definition) is 2. The van der Waals surface area contributed by atoms with Crippen molar-refractivity contribution in [1.29, 1.82) is 0 Å². The summed E-state index contributed by atoms with van der Waals surface area (Å²) >= 11 is 5.84. The minimum Gasteiger partial charge on any atom is -0.449 e. The van der Waals surface area contributed by atoms with Crippen molar-refractivity contribution in [2.75, 3.05) is 0 Å². The zero-order valence-corrected chi connectivity index (χ0v) is 15.9. The van der Waals surface area contributed by atoms with Gasteiger partial charge in [0.2, 0.25) is 5.76 Å². The lowest BCUT2D eigenvalue weighted by atomic mass is 10.2. The molecule has 0 saturated heterocycles. The van der Waals surface area contributed by atoms with Crippen molar-refractivity contribution in [1.82, 2.24) is 10.9 Å². The SMILES string of the molecule is C[C@H](OC(=O)c1cc(=O)c2cc(Cl)ccc2o1)C(=O)NNC(=O)c1ccccc1. The molecule has 148 valence electrons. The first kappa shape index (κ1) is 20.1. The van der Waals surface area contributed by atoms with Crippen molar-refractivity contribution in [2.45, 2.75) is 13.0 Å². The first-order chi connectivity index (χ1) is 13.8. The van der Waals surface area contributed by atoms with Crippen molar-refractivity contribution >= 4 is 40.4 Å². The number of nitrogens with one attached hydrogen (secondary N) is 2. The van der Waals surface area contributed by atoms with Gasteiger partial charge in [-0.05, 0) is 37.3 Å². The van der Waals surface area contributed by atoms with Gasteiger partial charge in [0.05, 0.1) is 5.39 Å². The second-order valence-electron chi connectivity index (χ2n) is 5.97. The molecule has 0 bridgehead atoms. The molecule has 0 fully saturated rings. The number of carbonyl (C=O) groups is 3. The van der Waals surface area contributed by atoms with Crippen molar-refractivity contribution in [3.63, 3.8) is 0 Å². The standard InChI is InChI=1S/C20H15ClN2O6/c1-11(18(25)22-23-19(26)12-5-3-2-4-6-12)28-20(27)17-10-15(24)14-9-13(21)7-8-16(14)29-17/h2-11H,1H3,(H,22,25)(H,23,26)/t11-/m0/s1. The molecule has 0 saturated carbocycles. The van der Waals surface area contributed by atoms with Crippen LogP contribution in [-0.4, -0.2) is 23.9 Å². The quantitative estimate of drug-likeness (QED) is 0.500. The van der Waals surface area contributed by atoms with Crippen LogP contribution in [0.3, 0.4) is 0 Å². The molecule has 3 rings (SSSR count). The van der Waals surface area contributed by atoms with Crippen LogP contribution in [0.2, 0.25) is 5.02 Å². The number of carbonyl (C=O) groups excluding carboxylic acids is 3. The van der Waals surface area contributed by atoms with Crippen LogP contribution in [-0.2, 0) is 9.53 Å². The molecule has 3 aromatic rings. The lowest BCUT2D eigenvalue weighted by molar-refractivity contribution is -0.129. The Morgan fingerprint density at radius 3 is 2.48 bits per heavy atom. The number of halogens is 1. The summed E-state index contributed by atoms with van der Waals surface area (Å²) in [7, 11) is 0. The first-order valence-electron chi connectivity index (χ1n) is 8.45. The number of amides is 2. The average Bonchev–Trinajstić information content (AvgIpc) is 2.72. The van der Waals surface area contributed by atoms with Gasteiger partial charge in [0.25, 0.3) is 11.8 Å². The van der Waals surface area contributed by atoms with Crippen molar-refractivity contribution < 1.29 is 23.5 Å². The third-order valence-electron chi connectivity index (χ3n) is 3.88. The molecule has 0 aliphatic rings. The van der Waals surface area contributed by atoms with Crippen LogP contribution in [0.5, 0.6) is 0 Å². The van der Waals surface area contributed by atoms with Gasteiger partial charge >= 0.3 is 5.97 Å². The third-order valence-corrected chi connectivity index (χ3v) is 4.11. The Morgan fingerprint density at radius 1 is 1.03 bits per heavy atom. The highest BCUT2D eigenvalue weighted by Crippen LogP contribution is 2.18. The number of rotatable bonds is 4. The van der Waals surface area contributed by atoms with Crippen molar-refractivity contribution in [3.8, 4) is 0 Å². The van der Waals surface area contributed by atoms with E-state index in [1.165, 1.54) is 25.1 Å². The van der Waals surface area contributed by atoms with Crippen LogP contribution in [0, 0.1) is 0 Å². The molecular weight excluding hydrogens is 400 g/mol. The van der Waals surface area contributed by atoms with Crippen molar-refractivity contribution in [2.24, 2.45) is 0 Å². The fourth-order valence-electron chi connectivity index (χ4n) is 2.38. The highest BCUT2D eigenvalue weighted by molar-refractivity contribution is 6.31. The molecule has 29 heavy (non-hydrogen) atoms. The summed E-state index contributed by atoms with van der Waals surface area (Å²) in [6.45, 7) is 1.31. The molecule has 1 atom stereocenters. The Kier molecular flexibility index (Phi) is 5.94. The van der Waals surface area contributed by atoms with Gasteiger partial charge < -0.3 is 9.15 Å². The van der Waals surface area contributed by atoms with Crippen LogP contribution in [0.1, 0.15) is 27.8 Å². The first-order valence-corrected chi connectivity index (χ1v) is 8.82. The van der Waals surface area contributed by atoms with E-state index >= 15 is 0 Å². The number of benzene rings is 2. The molecule has 9 heteroatoms. The van der Waals surface area contributed by atoms with E-state index in [1.54, 1.807) is 30.3 Å². The Labute approximate surface area is 169 Å². The smallest absolute Gasteiger partial charge is 0.375 e. The summed E-state index contributed by atoms with van der Waals surface area (Å²) in [5.74, 6) is -2.66. The summed E-state index contributed by atoms with van der Waals surface area (Å²) in [6, 6.07) is 13.6. The third kappa shape index (κ3) is 4.80. The monoisotopic (exact) mass is 414 g/mol. The van der Waals surface area contributed by atoms with Gasteiger partial charge in [0.15, 0.2) is 11.5 Å². The number of hydrogen-bond acceptors (Lipinski definition) is 6. The van der Waals surface area contributed by atoms with E-state index in [-0.39, 0.29) is 16.7 Å². The zero-order chi connectivity index (χ0) is 21.0. The van der Waals surface area contributed by atoms with Crippen LogP contribution in [0.25, 0.3) is 11.0 Å². The van der Waals surface area contributed by atoms with Crippen LogP contribution in [0.15, 0.2) is 63.8 Å². The summed E-state index contributed by atoms with van der Waals surface area (Å²) in [4.78, 5) is 48.3. The number of fused-ring (bicyclic) bond motifs is 1. The van der Waals surface area contributed by atoms with E-state index in [2.05, 4.69) is 10.9 Å². The van der Waals surface area contributed by atoms with E-state index in [1.807, 2.05) is 0 Å². The zero-order valence-electron chi connectivity index (χ0n) is 15.1. The summed E-state index contributed by atoms with van der Waals surface area (Å²) < 4.78 is 10.4. The van der Waals surface area contributed by atoms with Gasteiger partial charge in [0, 0.05) is 16.7 Å². The van der Waals surface area contributed by atoms with Gasteiger partial charge in [-0.1, -0.05) is 29.8 Å². The summed E-state index contributed by atoms with van der Waals surface area (Å²) in [6.07, 6.45) is -1.26. The maximum absolute atomic E-state index is 12.2. The highest BCUT2D eigenvalue weighted by atomic mass is 35.5. The van der Waals surface area contributed by atoms with Crippen molar-refractivity contribution in [3.05, 3.63) is 81.2 Å². The Morgan fingerprint density at radius 2 is 1.76 bits per heavy atom. The molecule has 1 aromatic heterocycles. The number of hydrazine groups is 1. The van der Waals surface area contributed by atoms with E-state index in [0.717, 1.165) is 6.07 Å². The van der Waals surface area contributed by atoms with Gasteiger partial charge in [0.1, 0.15) is 5.58 Å². The predicted molar refractivity (Wildman–Crippen MR) is 104 cm³/mol. The minimum absolute atomic E-state index is 0.154. The summed E-state index contributed by atoms with van der Waals surface area (Å²) in [5, 5.41) is 0.562. The van der Waals surface area contributed by atoms with Gasteiger partial charge in [-0.3, -0.25) is 25.2 Å². The predicted octanol–water partition coefficient (Wildman–Crippen LogP) is 2.45. The van der Waals surface area contributed by atoms with E-state index in [4.69, 9.17) is 20.8 Å². The lowest BCUT2D eigenvalue weighted by Gasteiger charge is -2.13. The van der Waals surface area contributed by atoms with Crippen LogP contribution in [0.4, 0.5) is 0 Å². The number of esters is 1. The maximum atomic E-state index is 12.2. The normalized spacial score (nSPS) is 11.5. The van der Waals surface area contributed by atoms with E-state index in [0.29, 0.717) is 10.6 Å². The molecular formula is C20H15ClN2O6. The fourth-order valence-corrected chi connectivity index (χ4v) is 2.56. The Balaban J connectivity index is 1.63. The molecule has 2 aromatic carbocycles. The van der Waals surface area contributed by atoms with Crippen LogP contribution < -0.4 is 16.3 Å². The number of ether oxygens (including phenoxy) is 1. The molecule has 2 N–H and O–H groups in total. The van der Waals surface area contributed by atoms with Gasteiger partial charge in [-0.15, -0.1) is 0 Å². The van der Waals surface area contributed by atoms with E-state index in [9.17, 15) is 19.2 Å². The fraction of sp³-hybridized carbons (Fsp3) is 0.100. The molecule has 2 amide bonds. The highest BCUT2D eigenvalue weighted by Gasteiger charge is 2.22. The Bertz CT molecular complexity index is 1140. The summed E-state index contributed by atoms with van der Waals surface area (Å²) in [5.41, 5.74) is 4.40. The molecule has 0 unspecified atom stereocenters. The topological polar surface area (TPSA) is 115 Å². The van der Waals surface area contributed by atoms with Gasteiger partial charge in [-0.25, -0.2) is 4.79 Å². The van der Waals surface area contributed by atoms with E-state index < -0.39 is 29.3 Å². The molecule has 8 nitrogen and oxygen atoms in total. The molecule has 0 aliphatic carbocycles. The lowest BCUT2D eigenvalue weighted by Crippen LogP contribution is -2.46. The van der Waals surface area contributed by atoms with Crippen LogP contribution >= 0.6 is 11.6 Å². The largest absolute Gasteiger partial charge is 0.449 e. The average molecular weight is 415 g/mol. The molecule has 1 heterocycles. The second kappa shape index (κ2) is 8.57. The minimum atomic E-state index is -1.26.